The van der Waals surface area contributed by atoms with E-state index >= 15 is 0 Å². The highest BCUT2D eigenvalue weighted by Crippen LogP contribution is 2.21. The van der Waals surface area contributed by atoms with Gasteiger partial charge in [-0.15, -0.1) is 17.5 Å². The quantitative estimate of drug-likeness (QED) is 0.888. The van der Waals surface area contributed by atoms with E-state index in [1.807, 2.05) is 31.2 Å². The predicted octanol–water partition coefficient (Wildman–Crippen LogP) is 1.72. The van der Waals surface area contributed by atoms with Crippen LogP contribution in [0.4, 0.5) is 5.69 Å². The second-order valence-corrected chi connectivity index (χ2v) is 5.43. The minimum atomic E-state index is 0. The number of halogens is 1. The van der Waals surface area contributed by atoms with Crippen molar-refractivity contribution in [1.29, 1.82) is 0 Å². The zero-order valence-corrected chi connectivity index (χ0v) is 13.8. The first-order valence-corrected chi connectivity index (χ1v) is 7.66. The average Bonchev–Trinajstić information content (AvgIpc) is 3.04. The molecule has 1 aromatic carbocycles. The van der Waals surface area contributed by atoms with Crippen LogP contribution in [0.25, 0.3) is 11.4 Å². The van der Waals surface area contributed by atoms with E-state index in [0.29, 0.717) is 12.4 Å². The molecule has 8 heteroatoms. The molecule has 7 nitrogen and oxygen atoms in total. The Hall–Kier alpha value is -1.99. The summed E-state index contributed by atoms with van der Waals surface area (Å²) in [5, 5.41) is 17.9. The number of tetrazole rings is 1. The minimum Gasteiger partial charge on any atom is -0.326 e. The fourth-order valence-corrected chi connectivity index (χ4v) is 2.68. The van der Waals surface area contributed by atoms with E-state index in [4.69, 9.17) is 0 Å². The third-order valence-corrected chi connectivity index (χ3v) is 3.89. The van der Waals surface area contributed by atoms with Gasteiger partial charge in [-0.05, 0) is 48.9 Å². The van der Waals surface area contributed by atoms with Crippen molar-refractivity contribution in [3.63, 3.8) is 0 Å². The number of nitrogens with zero attached hydrogens (tertiary/aromatic N) is 4. The van der Waals surface area contributed by atoms with Crippen molar-refractivity contribution in [3.8, 4) is 11.4 Å². The number of benzene rings is 1. The number of aromatic nitrogens is 4. The molecule has 2 heterocycles. The number of carbonyl (C=O) groups excluding carboxylic acids is 1. The predicted molar refractivity (Wildman–Crippen MR) is 90.4 cm³/mol. The van der Waals surface area contributed by atoms with Crippen LogP contribution in [0.3, 0.4) is 0 Å². The Bertz CT molecular complexity index is 653. The fraction of sp³-hybridized carbons (Fsp3) is 0.467. The second-order valence-electron chi connectivity index (χ2n) is 5.43. The van der Waals surface area contributed by atoms with Gasteiger partial charge in [0.25, 0.3) is 0 Å². The van der Waals surface area contributed by atoms with Crippen molar-refractivity contribution in [1.82, 2.24) is 25.5 Å². The van der Waals surface area contributed by atoms with E-state index in [0.717, 1.165) is 37.2 Å². The Morgan fingerprint density at radius 2 is 2.35 bits per heavy atom. The van der Waals surface area contributed by atoms with Crippen molar-refractivity contribution < 1.29 is 4.79 Å². The molecule has 2 aromatic rings. The van der Waals surface area contributed by atoms with Gasteiger partial charge in [-0.3, -0.25) is 4.79 Å². The van der Waals surface area contributed by atoms with E-state index in [1.165, 1.54) is 0 Å². The molecule has 1 aliphatic heterocycles. The molecule has 1 saturated heterocycles. The third kappa shape index (κ3) is 4.05. The summed E-state index contributed by atoms with van der Waals surface area (Å²) in [5.74, 6) is 0.815. The van der Waals surface area contributed by atoms with Crippen LogP contribution in [-0.4, -0.2) is 39.2 Å². The molecule has 1 fully saturated rings. The van der Waals surface area contributed by atoms with Crippen molar-refractivity contribution in [2.45, 2.75) is 26.3 Å². The van der Waals surface area contributed by atoms with Gasteiger partial charge in [0, 0.05) is 24.3 Å². The molecule has 1 aliphatic rings. The molecule has 3 rings (SSSR count). The van der Waals surface area contributed by atoms with Crippen molar-refractivity contribution in [2.75, 3.05) is 18.4 Å². The Morgan fingerprint density at radius 3 is 3.09 bits per heavy atom. The smallest absolute Gasteiger partial charge is 0.228 e. The van der Waals surface area contributed by atoms with Gasteiger partial charge in [-0.2, -0.15) is 0 Å². The summed E-state index contributed by atoms with van der Waals surface area (Å²) in [6, 6.07) is 7.64. The van der Waals surface area contributed by atoms with E-state index in [9.17, 15) is 4.79 Å². The Morgan fingerprint density at radius 1 is 1.48 bits per heavy atom. The molecular weight excluding hydrogens is 316 g/mol. The topological polar surface area (TPSA) is 84.7 Å². The zero-order chi connectivity index (χ0) is 15.4. The maximum atomic E-state index is 12.3. The first-order chi connectivity index (χ1) is 10.8. The lowest BCUT2D eigenvalue weighted by Gasteiger charge is -2.22. The molecule has 0 radical (unpaired) electrons. The monoisotopic (exact) mass is 336 g/mol. The van der Waals surface area contributed by atoms with Crippen molar-refractivity contribution in [2.24, 2.45) is 5.92 Å². The van der Waals surface area contributed by atoms with E-state index in [2.05, 4.69) is 26.2 Å². The SMILES string of the molecule is CCn1nnnc1-c1cccc(NC(=O)C2CCCNC2)c1.Cl. The lowest BCUT2D eigenvalue weighted by molar-refractivity contribution is -0.120. The Kier molecular flexibility index (Phi) is 6.06. The summed E-state index contributed by atoms with van der Waals surface area (Å²) >= 11 is 0. The summed E-state index contributed by atoms with van der Waals surface area (Å²) in [6.07, 6.45) is 1.98. The molecule has 0 saturated carbocycles. The summed E-state index contributed by atoms with van der Waals surface area (Å²) in [6.45, 7) is 4.44. The Labute approximate surface area is 141 Å². The van der Waals surface area contributed by atoms with Gasteiger partial charge >= 0.3 is 0 Å². The van der Waals surface area contributed by atoms with Crippen LogP contribution in [0.5, 0.6) is 0 Å². The molecule has 23 heavy (non-hydrogen) atoms. The van der Waals surface area contributed by atoms with E-state index in [1.54, 1.807) is 4.68 Å². The zero-order valence-electron chi connectivity index (χ0n) is 13.0. The van der Waals surface area contributed by atoms with Gasteiger partial charge in [-0.1, -0.05) is 12.1 Å². The second kappa shape index (κ2) is 8.03. The number of nitrogens with one attached hydrogen (secondary N) is 2. The number of hydrogen-bond donors (Lipinski definition) is 2. The first kappa shape index (κ1) is 17.4. The van der Waals surface area contributed by atoms with Crippen LogP contribution in [0.1, 0.15) is 19.8 Å². The minimum absolute atomic E-state index is 0. The molecule has 1 aromatic heterocycles. The lowest BCUT2D eigenvalue weighted by atomic mass is 9.99. The van der Waals surface area contributed by atoms with Crippen LogP contribution in [0, 0.1) is 5.92 Å². The summed E-state index contributed by atoms with van der Waals surface area (Å²) in [5.41, 5.74) is 1.67. The molecule has 0 spiro atoms. The summed E-state index contributed by atoms with van der Waals surface area (Å²) < 4.78 is 1.73. The fourth-order valence-electron chi connectivity index (χ4n) is 2.68. The number of aryl methyl sites for hydroxylation is 1. The lowest BCUT2D eigenvalue weighted by Crippen LogP contribution is -2.37. The van der Waals surface area contributed by atoms with Crippen molar-refractivity contribution >= 4 is 24.0 Å². The van der Waals surface area contributed by atoms with Gasteiger partial charge in [0.1, 0.15) is 0 Å². The molecule has 0 bridgehead atoms. The summed E-state index contributed by atoms with van der Waals surface area (Å²) in [7, 11) is 0. The van der Waals surface area contributed by atoms with Gasteiger partial charge in [0.05, 0.1) is 5.92 Å². The van der Waals surface area contributed by atoms with E-state index in [-0.39, 0.29) is 24.2 Å². The number of hydrogen-bond acceptors (Lipinski definition) is 5. The normalized spacial score (nSPS) is 17.3. The molecule has 1 amide bonds. The maximum absolute atomic E-state index is 12.3. The van der Waals surface area contributed by atoms with Crippen LogP contribution < -0.4 is 10.6 Å². The number of carbonyl (C=O) groups is 1. The highest BCUT2D eigenvalue weighted by Gasteiger charge is 2.21. The highest BCUT2D eigenvalue weighted by atomic mass is 35.5. The number of piperidine rings is 1. The van der Waals surface area contributed by atoms with Crippen LogP contribution in [-0.2, 0) is 11.3 Å². The van der Waals surface area contributed by atoms with Crippen LogP contribution >= 0.6 is 12.4 Å². The van der Waals surface area contributed by atoms with Gasteiger partial charge in [0.15, 0.2) is 5.82 Å². The number of anilines is 1. The Balaban J connectivity index is 0.00000192. The molecule has 2 N–H and O–H groups in total. The van der Waals surface area contributed by atoms with Gasteiger partial charge < -0.3 is 10.6 Å². The average molecular weight is 337 g/mol. The van der Waals surface area contributed by atoms with Crippen molar-refractivity contribution in [3.05, 3.63) is 24.3 Å². The third-order valence-electron chi connectivity index (χ3n) is 3.89. The molecule has 1 unspecified atom stereocenters. The molecule has 1 atom stereocenters. The maximum Gasteiger partial charge on any atom is 0.228 e. The van der Waals surface area contributed by atoms with E-state index < -0.39 is 0 Å². The highest BCUT2D eigenvalue weighted by molar-refractivity contribution is 5.93. The molecule has 0 aliphatic carbocycles. The molecule has 124 valence electrons. The molecular formula is C15H21ClN6O. The first-order valence-electron chi connectivity index (χ1n) is 7.66. The largest absolute Gasteiger partial charge is 0.326 e. The number of amides is 1. The standard InChI is InChI=1S/C15H20N6O.ClH/c1-2-21-14(18-19-20-21)11-5-3-7-13(9-11)17-15(22)12-6-4-8-16-10-12;/h3,5,7,9,12,16H,2,4,6,8,10H2,1H3,(H,17,22);1H. The van der Waals surface area contributed by atoms with Gasteiger partial charge in [-0.25, -0.2) is 4.68 Å². The van der Waals surface area contributed by atoms with Crippen LogP contribution in [0.2, 0.25) is 0 Å². The summed E-state index contributed by atoms with van der Waals surface area (Å²) in [4.78, 5) is 12.3. The van der Waals surface area contributed by atoms with Gasteiger partial charge in [0.2, 0.25) is 5.91 Å². The number of rotatable bonds is 4. The van der Waals surface area contributed by atoms with Crippen LogP contribution in [0.15, 0.2) is 24.3 Å².